The third-order valence-corrected chi connectivity index (χ3v) is 3.50. The second-order valence-corrected chi connectivity index (χ2v) is 6.06. The molecule has 0 aromatic rings. The van der Waals surface area contributed by atoms with Crippen LogP contribution in [0.5, 0.6) is 0 Å². The molecule has 17 heavy (non-hydrogen) atoms. The van der Waals surface area contributed by atoms with Crippen molar-refractivity contribution in [3.8, 4) is 0 Å². The Hall–Kier alpha value is -1.06. The van der Waals surface area contributed by atoms with E-state index in [1.54, 1.807) is 0 Å². The number of carbonyl (C=O) groups excluding carboxylic acids is 2. The number of likely N-dealkylation sites (tertiary alicyclic amines) is 1. The Kier molecular flexibility index (Phi) is 3.15. The zero-order valence-corrected chi connectivity index (χ0v) is 10.9. The molecule has 0 N–H and O–H groups in total. The SMILES string of the molecule is CC(C)(C)OC(=O)N1C(=O)C[C@@H]2CCCC[C@H]21. The highest BCUT2D eigenvalue weighted by atomic mass is 16.6. The van der Waals surface area contributed by atoms with Crippen LogP contribution in [0.2, 0.25) is 0 Å². The van der Waals surface area contributed by atoms with Gasteiger partial charge in [-0.2, -0.15) is 0 Å². The molecule has 2 fully saturated rings. The third kappa shape index (κ3) is 2.61. The Bertz CT molecular complexity index is 332. The summed E-state index contributed by atoms with van der Waals surface area (Å²) < 4.78 is 5.31. The summed E-state index contributed by atoms with van der Waals surface area (Å²) in [6, 6.07) is 0.0890. The molecule has 2 amide bonds. The summed E-state index contributed by atoms with van der Waals surface area (Å²) in [5, 5.41) is 0. The summed E-state index contributed by atoms with van der Waals surface area (Å²) in [5.74, 6) is 0.305. The van der Waals surface area contributed by atoms with E-state index in [-0.39, 0.29) is 11.9 Å². The van der Waals surface area contributed by atoms with Crippen LogP contribution in [-0.2, 0) is 9.53 Å². The molecular formula is C13H21NO3. The monoisotopic (exact) mass is 239 g/mol. The summed E-state index contributed by atoms with van der Waals surface area (Å²) in [6.07, 6.45) is 4.34. The number of fused-ring (bicyclic) bond motifs is 1. The Morgan fingerprint density at radius 2 is 1.94 bits per heavy atom. The minimum atomic E-state index is -0.538. The fourth-order valence-electron chi connectivity index (χ4n) is 2.82. The van der Waals surface area contributed by atoms with Gasteiger partial charge < -0.3 is 4.74 Å². The van der Waals surface area contributed by atoms with E-state index in [1.807, 2.05) is 20.8 Å². The maximum Gasteiger partial charge on any atom is 0.417 e. The molecule has 2 aliphatic rings. The van der Waals surface area contributed by atoms with Crippen LogP contribution in [0.15, 0.2) is 0 Å². The van der Waals surface area contributed by atoms with Crippen molar-refractivity contribution in [3.63, 3.8) is 0 Å². The molecular weight excluding hydrogens is 218 g/mol. The van der Waals surface area contributed by atoms with E-state index in [2.05, 4.69) is 0 Å². The lowest BCUT2D eigenvalue weighted by Crippen LogP contribution is -2.44. The van der Waals surface area contributed by atoms with Crippen LogP contribution in [0.25, 0.3) is 0 Å². The normalized spacial score (nSPS) is 29.1. The molecule has 0 bridgehead atoms. The average Bonchev–Trinajstić information content (AvgIpc) is 2.50. The molecule has 1 aliphatic heterocycles. The van der Waals surface area contributed by atoms with Gasteiger partial charge in [0.05, 0.1) is 0 Å². The molecule has 1 aliphatic carbocycles. The summed E-state index contributed by atoms with van der Waals surface area (Å²) in [6.45, 7) is 5.47. The van der Waals surface area contributed by atoms with Crippen molar-refractivity contribution in [1.82, 2.24) is 4.90 Å². The number of amides is 2. The first-order chi connectivity index (χ1) is 7.88. The largest absolute Gasteiger partial charge is 0.443 e. The van der Waals surface area contributed by atoms with Gasteiger partial charge in [0.1, 0.15) is 5.60 Å². The molecule has 4 heteroatoms. The van der Waals surface area contributed by atoms with Crippen LogP contribution >= 0.6 is 0 Å². The molecule has 1 saturated heterocycles. The average molecular weight is 239 g/mol. The fraction of sp³-hybridized carbons (Fsp3) is 0.846. The van der Waals surface area contributed by atoms with Gasteiger partial charge in [-0.25, -0.2) is 9.69 Å². The van der Waals surface area contributed by atoms with Gasteiger partial charge in [0.25, 0.3) is 0 Å². The highest BCUT2D eigenvalue weighted by Gasteiger charge is 2.45. The first kappa shape index (κ1) is 12.4. The van der Waals surface area contributed by atoms with Crippen molar-refractivity contribution < 1.29 is 14.3 Å². The number of rotatable bonds is 0. The van der Waals surface area contributed by atoms with E-state index >= 15 is 0 Å². The molecule has 2 rings (SSSR count). The minimum absolute atomic E-state index is 0.0591. The fourth-order valence-corrected chi connectivity index (χ4v) is 2.82. The highest BCUT2D eigenvalue weighted by Crippen LogP contribution is 2.37. The van der Waals surface area contributed by atoms with Gasteiger partial charge in [-0.3, -0.25) is 4.79 Å². The second-order valence-electron chi connectivity index (χ2n) is 6.06. The maximum atomic E-state index is 12.0. The first-order valence-corrected chi connectivity index (χ1v) is 6.43. The van der Waals surface area contributed by atoms with Gasteiger partial charge in [-0.1, -0.05) is 12.8 Å². The molecule has 0 spiro atoms. The molecule has 2 atom stereocenters. The molecule has 0 aromatic carbocycles. The maximum absolute atomic E-state index is 12.0. The van der Waals surface area contributed by atoms with Gasteiger partial charge in [0, 0.05) is 12.5 Å². The van der Waals surface area contributed by atoms with Gasteiger partial charge in [-0.15, -0.1) is 0 Å². The number of ether oxygens (including phenoxy) is 1. The summed E-state index contributed by atoms with van der Waals surface area (Å²) >= 11 is 0. The Morgan fingerprint density at radius 1 is 1.29 bits per heavy atom. The van der Waals surface area contributed by atoms with E-state index < -0.39 is 11.7 Å². The van der Waals surface area contributed by atoms with Gasteiger partial charge in [0.15, 0.2) is 0 Å². The lowest BCUT2D eigenvalue weighted by molar-refractivity contribution is -0.128. The Morgan fingerprint density at radius 3 is 2.59 bits per heavy atom. The van der Waals surface area contributed by atoms with E-state index in [9.17, 15) is 9.59 Å². The lowest BCUT2D eigenvalue weighted by atomic mass is 9.85. The van der Waals surface area contributed by atoms with Gasteiger partial charge in [-0.05, 0) is 39.5 Å². The summed E-state index contributed by atoms with van der Waals surface area (Å²) in [5.41, 5.74) is -0.538. The topological polar surface area (TPSA) is 46.6 Å². The number of imide groups is 1. The smallest absolute Gasteiger partial charge is 0.417 e. The predicted octanol–water partition coefficient (Wildman–Crippen LogP) is 2.71. The van der Waals surface area contributed by atoms with E-state index in [1.165, 1.54) is 11.3 Å². The quantitative estimate of drug-likeness (QED) is 0.653. The zero-order valence-electron chi connectivity index (χ0n) is 10.9. The van der Waals surface area contributed by atoms with Crippen molar-refractivity contribution in [2.45, 2.75) is 64.5 Å². The van der Waals surface area contributed by atoms with Crippen molar-refractivity contribution in [3.05, 3.63) is 0 Å². The van der Waals surface area contributed by atoms with Crippen molar-refractivity contribution in [1.29, 1.82) is 0 Å². The Labute approximate surface area is 102 Å². The van der Waals surface area contributed by atoms with Gasteiger partial charge in [0.2, 0.25) is 5.91 Å². The third-order valence-electron chi connectivity index (χ3n) is 3.50. The molecule has 0 radical (unpaired) electrons. The van der Waals surface area contributed by atoms with Crippen molar-refractivity contribution in [2.24, 2.45) is 5.92 Å². The number of hydrogen-bond donors (Lipinski definition) is 0. The van der Waals surface area contributed by atoms with Crippen LogP contribution in [0.3, 0.4) is 0 Å². The first-order valence-electron chi connectivity index (χ1n) is 6.43. The van der Waals surface area contributed by atoms with Crippen LogP contribution in [0.4, 0.5) is 4.79 Å². The van der Waals surface area contributed by atoms with Crippen LogP contribution < -0.4 is 0 Å². The zero-order chi connectivity index (χ0) is 12.6. The molecule has 4 nitrogen and oxygen atoms in total. The Balaban J connectivity index is 2.09. The minimum Gasteiger partial charge on any atom is -0.443 e. The number of hydrogen-bond acceptors (Lipinski definition) is 3. The molecule has 96 valence electrons. The van der Waals surface area contributed by atoms with Crippen LogP contribution in [-0.4, -0.2) is 28.5 Å². The number of carbonyl (C=O) groups is 2. The molecule has 1 saturated carbocycles. The highest BCUT2D eigenvalue weighted by molar-refractivity contribution is 5.94. The van der Waals surface area contributed by atoms with Crippen molar-refractivity contribution in [2.75, 3.05) is 0 Å². The number of nitrogens with zero attached hydrogens (tertiary/aromatic N) is 1. The van der Waals surface area contributed by atoms with E-state index in [0.717, 1.165) is 19.3 Å². The molecule has 0 aromatic heterocycles. The van der Waals surface area contributed by atoms with Crippen LogP contribution in [0.1, 0.15) is 52.9 Å². The lowest BCUT2D eigenvalue weighted by Gasteiger charge is -2.31. The standard InChI is InChI=1S/C13H21NO3/c1-13(2,3)17-12(16)14-10-7-5-4-6-9(10)8-11(14)15/h9-10H,4-8H2,1-3H3/t9-,10+/m0/s1. The predicted molar refractivity (Wildman–Crippen MR) is 63.4 cm³/mol. The van der Waals surface area contributed by atoms with E-state index in [4.69, 9.17) is 4.74 Å². The second kappa shape index (κ2) is 4.31. The summed E-state index contributed by atoms with van der Waals surface area (Å²) in [7, 11) is 0. The molecule has 1 heterocycles. The van der Waals surface area contributed by atoms with Crippen molar-refractivity contribution >= 4 is 12.0 Å². The van der Waals surface area contributed by atoms with Crippen LogP contribution in [0, 0.1) is 5.92 Å². The summed E-state index contributed by atoms with van der Waals surface area (Å²) in [4.78, 5) is 25.3. The van der Waals surface area contributed by atoms with Gasteiger partial charge >= 0.3 is 6.09 Å². The van der Waals surface area contributed by atoms with E-state index in [0.29, 0.717) is 12.3 Å². The molecule has 0 unspecified atom stereocenters.